The minimum absolute atomic E-state index is 0.286. The number of aromatic amines is 1. The molecule has 0 saturated heterocycles. The van der Waals surface area contributed by atoms with Crippen molar-refractivity contribution in [2.24, 2.45) is 0 Å². The highest BCUT2D eigenvalue weighted by Gasteiger charge is 2.06. The van der Waals surface area contributed by atoms with Crippen LogP contribution in [-0.4, -0.2) is 39.2 Å². The molecule has 0 fully saturated rings. The fourth-order valence-electron chi connectivity index (χ4n) is 1.46. The van der Waals surface area contributed by atoms with Gasteiger partial charge in [0.1, 0.15) is 0 Å². The first kappa shape index (κ1) is 13.5. The van der Waals surface area contributed by atoms with Crippen LogP contribution in [0, 0.1) is 0 Å². The van der Waals surface area contributed by atoms with Crippen LogP contribution >= 0.6 is 0 Å². The first-order valence-corrected chi connectivity index (χ1v) is 5.65. The summed E-state index contributed by atoms with van der Waals surface area (Å²) in [5.41, 5.74) is -1.15. The molecule has 0 atom stereocenters. The summed E-state index contributed by atoms with van der Waals surface area (Å²) in [4.78, 5) is 26.6. The van der Waals surface area contributed by atoms with Crippen molar-refractivity contribution < 1.29 is 5.11 Å². The smallest absolute Gasteiger partial charge is 0.331 e. The van der Waals surface area contributed by atoms with Crippen LogP contribution in [0.2, 0.25) is 0 Å². The Labute approximate surface area is 99.5 Å². The zero-order chi connectivity index (χ0) is 13.0. The highest BCUT2D eigenvalue weighted by molar-refractivity contribution is 5.05. The van der Waals surface area contributed by atoms with Crippen molar-refractivity contribution >= 4 is 0 Å². The van der Waals surface area contributed by atoms with Gasteiger partial charge in [-0.05, 0) is 33.9 Å². The maximum atomic E-state index is 11.4. The molecule has 1 heterocycles. The van der Waals surface area contributed by atoms with Crippen LogP contribution in [0.15, 0.2) is 15.7 Å². The van der Waals surface area contributed by atoms with Crippen LogP contribution in [0.25, 0.3) is 0 Å². The Morgan fingerprint density at radius 2 is 2.12 bits per heavy atom. The Hall–Kier alpha value is -1.56. The van der Waals surface area contributed by atoms with E-state index < -0.39 is 11.2 Å². The van der Waals surface area contributed by atoms with Gasteiger partial charge in [0, 0.05) is 12.6 Å². The van der Waals surface area contributed by atoms with E-state index in [9.17, 15) is 14.7 Å². The molecule has 0 spiro atoms. The summed E-state index contributed by atoms with van der Waals surface area (Å²) in [6, 6.07) is 1.45. The van der Waals surface area contributed by atoms with Gasteiger partial charge in [-0.15, -0.1) is 0 Å². The maximum Gasteiger partial charge on any atom is 0.331 e. The summed E-state index contributed by atoms with van der Waals surface area (Å²) in [6.07, 6.45) is 0.730. The molecular formula is C11H19N3O3. The lowest BCUT2D eigenvalue weighted by atomic mass is 10.3. The second-order valence-corrected chi connectivity index (χ2v) is 4.38. The predicted molar refractivity (Wildman–Crippen MR) is 65.4 cm³/mol. The zero-order valence-corrected chi connectivity index (χ0v) is 10.4. The minimum Gasteiger partial charge on any atom is -0.494 e. The highest BCUT2D eigenvalue weighted by atomic mass is 16.3. The molecule has 0 aliphatic carbocycles. The van der Waals surface area contributed by atoms with E-state index in [1.807, 2.05) is 7.05 Å². The maximum absolute atomic E-state index is 11.4. The topological polar surface area (TPSA) is 78.3 Å². The van der Waals surface area contributed by atoms with E-state index in [2.05, 4.69) is 23.7 Å². The van der Waals surface area contributed by atoms with Gasteiger partial charge in [-0.2, -0.15) is 0 Å². The Kier molecular flexibility index (Phi) is 4.51. The summed E-state index contributed by atoms with van der Waals surface area (Å²) >= 11 is 0. The average Bonchev–Trinajstić information content (AvgIpc) is 2.21. The van der Waals surface area contributed by atoms with Crippen LogP contribution in [0.5, 0.6) is 5.88 Å². The number of nitrogens with zero attached hydrogens (tertiary/aromatic N) is 2. The Balaban J connectivity index is 2.65. The van der Waals surface area contributed by atoms with Crippen LogP contribution < -0.4 is 11.2 Å². The van der Waals surface area contributed by atoms with Crippen molar-refractivity contribution in [3.8, 4) is 5.88 Å². The molecular weight excluding hydrogens is 222 g/mol. The Morgan fingerprint density at radius 1 is 1.47 bits per heavy atom. The lowest BCUT2D eigenvalue weighted by Gasteiger charge is -2.20. The van der Waals surface area contributed by atoms with Gasteiger partial charge in [-0.1, -0.05) is 0 Å². The van der Waals surface area contributed by atoms with Crippen molar-refractivity contribution in [1.82, 2.24) is 14.5 Å². The number of H-pyrrole nitrogens is 1. The van der Waals surface area contributed by atoms with Crippen molar-refractivity contribution in [3.63, 3.8) is 0 Å². The standard InChI is InChI=1S/C11H19N3O3/c1-8(2)13(3)5-4-6-14-10(16)7-9(15)12-11(14)17/h7-8,16H,4-6H2,1-3H3,(H,12,15,17). The third kappa shape index (κ3) is 3.74. The van der Waals surface area contributed by atoms with E-state index in [0.717, 1.165) is 23.6 Å². The van der Waals surface area contributed by atoms with E-state index in [0.29, 0.717) is 12.6 Å². The van der Waals surface area contributed by atoms with E-state index in [-0.39, 0.29) is 5.88 Å². The van der Waals surface area contributed by atoms with E-state index >= 15 is 0 Å². The van der Waals surface area contributed by atoms with Gasteiger partial charge < -0.3 is 10.0 Å². The number of aromatic nitrogens is 2. The van der Waals surface area contributed by atoms with E-state index in [4.69, 9.17) is 0 Å². The molecule has 0 aromatic carbocycles. The van der Waals surface area contributed by atoms with Gasteiger partial charge in [0.2, 0.25) is 5.88 Å². The van der Waals surface area contributed by atoms with Gasteiger partial charge in [-0.25, -0.2) is 4.79 Å². The van der Waals surface area contributed by atoms with Crippen molar-refractivity contribution in [1.29, 1.82) is 0 Å². The van der Waals surface area contributed by atoms with E-state index in [1.54, 1.807) is 0 Å². The molecule has 1 rings (SSSR count). The molecule has 1 aromatic rings. The van der Waals surface area contributed by atoms with Crippen molar-refractivity contribution in [2.75, 3.05) is 13.6 Å². The van der Waals surface area contributed by atoms with Gasteiger partial charge in [0.05, 0.1) is 6.07 Å². The highest BCUT2D eigenvalue weighted by Crippen LogP contribution is 2.02. The Bertz CT molecular complexity index is 476. The van der Waals surface area contributed by atoms with Crippen molar-refractivity contribution in [3.05, 3.63) is 26.9 Å². The third-order valence-electron chi connectivity index (χ3n) is 2.79. The zero-order valence-electron chi connectivity index (χ0n) is 10.4. The second kappa shape index (κ2) is 5.67. The average molecular weight is 241 g/mol. The molecule has 17 heavy (non-hydrogen) atoms. The Morgan fingerprint density at radius 3 is 2.65 bits per heavy atom. The monoisotopic (exact) mass is 241 g/mol. The summed E-state index contributed by atoms with van der Waals surface area (Å²) in [6.45, 7) is 5.38. The van der Waals surface area contributed by atoms with Crippen LogP contribution in [0.1, 0.15) is 20.3 Å². The van der Waals surface area contributed by atoms with Gasteiger partial charge in [-0.3, -0.25) is 14.3 Å². The normalized spacial score (nSPS) is 11.4. The number of hydrogen-bond donors (Lipinski definition) is 2. The fourth-order valence-corrected chi connectivity index (χ4v) is 1.46. The molecule has 0 unspecified atom stereocenters. The number of hydrogen-bond acceptors (Lipinski definition) is 4. The number of nitrogens with one attached hydrogen (secondary N) is 1. The summed E-state index contributed by atoms with van der Waals surface area (Å²) in [5.74, 6) is -0.286. The summed E-state index contributed by atoms with van der Waals surface area (Å²) in [7, 11) is 2.00. The molecule has 0 aliphatic rings. The molecule has 0 bridgehead atoms. The predicted octanol–water partition coefficient (Wildman–Crippen LogP) is -0.0275. The van der Waals surface area contributed by atoms with E-state index in [1.165, 1.54) is 0 Å². The SMILES string of the molecule is CC(C)N(C)CCCn1c(O)cc(=O)[nH]c1=O. The third-order valence-corrected chi connectivity index (χ3v) is 2.79. The lowest BCUT2D eigenvalue weighted by molar-refractivity contribution is 0.262. The van der Waals surface area contributed by atoms with Crippen LogP contribution in [0.3, 0.4) is 0 Å². The second-order valence-electron chi connectivity index (χ2n) is 4.38. The molecule has 0 aliphatic heterocycles. The summed E-state index contributed by atoms with van der Waals surface area (Å²) < 4.78 is 1.16. The molecule has 0 saturated carbocycles. The quantitative estimate of drug-likeness (QED) is 0.759. The van der Waals surface area contributed by atoms with Crippen molar-refractivity contribution in [2.45, 2.75) is 32.9 Å². The van der Waals surface area contributed by atoms with Gasteiger partial charge >= 0.3 is 5.69 Å². The largest absolute Gasteiger partial charge is 0.494 e. The minimum atomic E-state index is -0.581. The summed E-state index contributed by atoms with van der Waals surface area (Å²) in [5, 5.41) is 9.48. The fraction of sp³-hybridized carbons (Fsp3) is 0.636. The van der Waals surface area contributed by atoms with Crippen LogP contribution in [0.4, 0.5) is 0 Å². The first-order chi connectivity index (χ1) is 7.91. The molecule has 1 aromatic heterocycles. The van der Waals surface area contributed by atoms with Gasteiger partial charge in [0.25, 0.3) is 5.56 Å². The number of rotatable bonds is 5. The molecule has 6 heteroatoms. The molecule has 0 amide bonds. The molecule has 96 valence electrons. The van der Waals surface area contributed by atoms with Gasteiger partial charge in [0.15, 0.2) is 0 Å². The number of aromatic hydroxyl groups is 1. The lowest BCUT2D eigenvalue weighted by Crippen LogP contribution is -2.31. The van der Waals surface area contributed by atoms with Crippen LogP contribution in [-0.2, 0) is 6.54 Å². The first-order valence-electron chi connectivity index (χ1n) is 5.65. The molecule has 0 radical (unpaired) electrons. The molecule has 2 N–H and O–H groups in total. The molecule has 6 nitrogen and oxygen atoms in total.